The van der Waals surface area contributed by atoms with E-state index in [0.717, 1.165) is 10.0 Å². The third kappa shape index (κ3) is 9.23. The summed E-state index contributed by atoms with van der Waals surface area (Å²) < 4.78 is 10.1. The Bertz CT molecular complexity index is 2180. The van der Waals surface area contributed by atoms with Crippen LogP contribution in [-0.2, 0) is 19.2 Å². The molecule has 18 nitrogen and oxygen atoms in total. The maximum absolute atomic E-state index is 12.6. The molecule has 0 fully saturated rings. The number of hydrogen-bond donors (Lipinski definition) is 3. The fraction of sp³-hybridized carbons (Fsp3) is 0.132. The van der Waals surface area contributed by atoms with E-state index in [1.54, 1.807) is 67.6 Å². The predicted octanol–water partition coefficient (Wildman–Crippen LogP) is 2.10. The molecule has 0 spiro atoms. The van der Waals surface area contributed by atoms with Crippen LogP contribution < -0.4 is 36.2 Å². The Balaban J connectivity index is 0.000000249. The molecule has 2 aliphatic rings. The number of amides is 6. The number of hydrazone groups is 1. The number of imide groups is 2. The fourth-order valence-electron chi connectivity index (χ4n) is 5.31. The second-order valence-electron chi connectivity index (χ2n) is 11.6. The van der Waals surface area contributed by atoms with Crippen molar-refractivity contribution in [2.24, 2.45) is 10.9 Å². The van der Waals surface area contributed by atoms with Gasteiger partial charge < -0.3 is 9.47 Å². The number of Topliss-reactive ketones (excluding diaryl/α,β-unsaturated/α-hetero) is 2. The van der Waals surface area contributed by atoms with Gasteiger partial charge in [-0.15, -0.1) is 12.4 Å². The molecule has 4 aromatic rings. The van der Waals surface area contributed by atoms with Crippen LogP contribution in [0.4, 0.5) is 11.4 Å². The third-order valence-corrected chi connectivity index (χ3v) is 8.17. The zero-order valence-corrected chi connectivity index (χ0v) is 31.3. The van der Waals surface area contributed by atoms with Gasteiger partial charge in [-0.25, -0.2) is 31.7 Å². The van der Waals surface area contributed by atoms with Gasteiger partial charge in [0.2, 0.25) is 11.6 Å². The molecule has 57 heavy (non-hydrogen) atoms. The maximum Gasteiger partial charge on any atom is 0.316 e. The van der Waals surface area contributed by atoms with E-state index in [1.807, 2.05) is 0 Å². The number of ketones is 2. The first kappa shape index (κ1) is 42.6. The Labute approximate surface area is 331 Å². The van der Waals surface area contributed by atoms with Crippen molar-refractivity contribution < 1.29 is 47.8 Å². The molecule has 0 unspecified atom stereocenters. The van der Waals surface area contributed by atoms with Crippen molar-refractivity contribution in [3.05, 3.63) is 119 Å². The van der Waals surface area contributed by atoms with Crippen LogP contribution >= 0.6 is 12.4 Å². The summed E-state index contributed by atoms with van der Waals surface area (Å²) >= 11 is 0. The highest BCUT2D eigenvalue weighted by atomic mass is 35.5. The summed E-state index contributed by atoms with van der Waals surface area (Å²) in [5, 5.41) is 7.00. The largest absolute Gasteiger partial charge is 0.497 e. The number of halogens is 1. The van der Waals surface area contributed by atoms with E-state index >= 15 is 0 Å². The van der Waals surface area contributed by atoms with Gasteiger partial charge in [0, 0.05) is 6.21 Å². The van der Waals surface area contributed by atoms with E-state index in [0.29, 0.717) is 27.2 Å². The molecule has 2 heterocycles. The van der Waals surface area contributed by atoms with Gasteiger partial charge in [0.25, 0.3) is 23.6 Å². The standard InChI is InChI=1S/C20H18N4O5.C18H16N4O5.ClH/c1-3-21-23(13-8-10-14(29-2)11-9-13)20(28)17(25)12-22-24-18(26)15-6-4-5-7-16(15)19(24)27;1-27-12-8-6-11(7-9-12)21(19)18(26)15(23)10-20-22-16(24)13-4-2-3-5-14(13)17(22)25;/h3-11,22H,12H2,1-2H3;2-9,20H,10,19H2,1H3;1H/b21-3-;;. The van der Waals surface area contributed by atoms with Gasteiger partial charge in [-0.3, -0.25) is 38.4 Å². The molecule has 4 aromatic carbocycles. The molecule has 19 heteroatoms. The van der Waals surface area contributed by atoms with Crippen molar-refractivity contribution in [3.63, 3.8) is 0 Å². The number of fused-ring (bicyclic) bond motifs is 2. The lowest BCUT2D eigenvalue weighted by Gasteiger charge is -2.18. The Morgan fingerprint density at radius 3 is 1.32 bits per heavy atom. The summed E-state index contributed by atoms with van der Waals surface area (Å²) in [7, 11) is 3.01. The summed E-state index contributed by atoms with van der Waals surface area (Å²) in [6, 6.07) is 25.2. The van der Waals surface area contributed by atoms with Crippen LogP contribution in [0.1, 0.15) is 48.4 Å². The van der Waals surface area contributed by atoms with Crippen molar-refractivity contribution in [2.75, 3.05) is 37.3 Å². The van der Waals surface area contributed by atoms with Gasteiger partial charge in [-0.1, -0.05) is 24.3 Å². The van der Waals surface area contributed by atoms with Gasteiger partial charge in [0.1, 0.15) is 11.5 Å². The van der Waals surface area contributed by atoms with Gasteiger partial charge >= 0.3 is 11.8 Å². The zero-order valence-electron chi connectivity index (χ0n) is 30.5. The molecular formula is C38H35ClN8O10. The number of nitrogens with one attached hydrogen (secondary N) is 2. The van der Waals surface area contributed by atoms with E-state index in [9.17, 15) is 38.4 Å². The van der Waals surface area contributed by atoms with Gasteiger partial charge in [-0.05, 0) is 79.7 Å². The van der Waals surface area contributed by atoms with Crippen LogP contribution in [0.3, 0.4) is 0 Å². The van der Waals surface area contributed by atoms with E-state index < -0.39 is 60.1 Å². The highest BCUT2D eigenvalue weighted by molar-refractivity contribution is 6.42. The normalized spacial score (nSPS) is 12.6. The first-order valence-electron chi connectivity index (χ1n) is 16.6. The van der Waals surface area contributed by atoms with E-state index in [1.165, 1.54) is 56.8 Å². The van der Waals surface area contributed by atoms with Crippen molar-refractivity contribution >= 4 is 77.0 Å². The highest BCUT2D eigenvalue weighted by Gasteiger charge is 2.37. The molecule has 6 rings (SSSR count). The monoisotopic (exact) mass is 798 g/mol. The maximum atomic E-state index is 12.6. The molecule has 0 radical (unpaired) electrons. The minimum absolute atomic E-state index is 0. The molecule has 6 amide bonds. The smallest absolute Gasteiger partial charge is 0.316 e. The number of rotatable bonds is 13. The number of hydrogen-bond acceptors (Lipinski definition) is 14. The molecule has 0 saturated carbocycles. The molecular weight excluding hydrogens is 764 g/mol. The van der Waals surface area contributed by atoms with Crippen LogP contribution in [0.15, 0.2) is 102 Å². The molecule has 294 valence electrons. The second-order valence-corrected chi connectivity index (χ2v) is 11.6. The number of anilines is 2. The predicted molar refractivity (Wildman–Crippen MR) is 206 cm³/mol. The molecule has 2 aliphatic heterocycles. The number of nitrogens with zero attached hydrogens (tertiary/aromatic N) is 5. The average Bonchev–Trinajstić information content (AvgIpc) is 3.63. The van der Waals surface area contributed by atoms with Crippen molar-refractivity contribution in [2.45, 2.75) is 6.92 Å². The molecule has 4 N–H and O–H groups in total. The Morgan fingerprint density at radius 1 is 0.614 bits per heavy atom. The minimum atomic E-state index is -0.996. The van der Waals surface area contributed by atoms with Gasteiger partial charge in [0.15, 0.2) is 0 Å². The molecule has 0 aliphatic carbocycles. The summed E-state index contributed by atoms with van der Waals surface area (Å²) in [6.07, 6.45) is 1.37. The second kappa shape index (κ2) is 19.0. The lowest BCUT2D eigenvalue weighted by molar-refractivity contribution is -0.136. The van der Waals surface area contributed by atoms with E-state index in [4.69, 9.17) is 15.3 Å². The number of nitrogens with two attached hydrogens (primary N) is 1. The number of benzene rings is 4. The average molecular weight is 799 g/mol. The van der Waals surface area contributed by atoms with Crippen molar-refractivity contribution in [1.82, 2.24) is 20.9 Å². The van der Waals surface area contributed by atoms with Crippen LogP contribution in [-0.4, -0.2) is 90.6 Å². The van der Waals surface area contributed by atoms with Gasteiger partial charge in [0.05, 0.1) is 60.9 Å². The molecule has 0 saturated heterocycles. The summed E-state index contributed by atoms with van der Waals surface area (Å²) in [4.78, 5) is 98.3. The fourth-order valence-corrected chi connectivity index (χ4v) is 5.31. The number of methoxy groups -OCH3 is 2. The van der Waals surface area contributed by atoms with Crippen LogP contribution in [0.25, 0.3) is 0 Å². The quantitative estimate of drug-likeness (QED) is 0.0440. The number of ether oxygens (including phenoxy) is 2. The molecule has 0 aromatic heterocycles. The summed E-state index contributed by atoms with van der Waals surface area (Å²) in [6.45, 7) is 0.496. The van der Waals surface area contributed by atoms with Crippen LogP contribution in [0, 0.1) is 0 Å². The summed E-state index contributed by atoms with van der Waals surface area (Å²) in [5.41, 5.74) is 6.42. The SMILES string of the molecule is C/C=N\N(C(=O)C(=O)CNN1C(=O)c2ccccc2C1=O)c1ccc(OC)cc1.COc1ccc(N(N)C(=O)C(=O)CNN2C(=O)c3ccccc3C2=O)cc1.Cl. The zero-order chi connectivity index (χ0) is 40.5. The van der Waals surface area contributed by atoms with Gasteiger partial charge in [-0.2, -0.15) is 10.1 Å². The minimum Gasteiger partial charge on any atom is -0.497 e. The molecule has 0 bridgehead atoms. The van der Waals surface area contributed by atoms with Crippen LogP contribution in [0.2, 0.25) is 0 Å². The number of carbonyl (C=O) groups is 8. The topological polar surface area (TPSA) is 230 Å². The highest BCUT2D eigenvalue weighted by Crippen LogP contribution is 2.23. The van der Waals surface area contributed by atoms with Crippen LogP contribution in [0.5, 0.6) is 11.5 Å². The van der Waals surface area contributed by atoms with Crippen molar-refractivity contribution in [1.29, 1.82) is 0 Å². The van der Waals surface area contributed by atoms with Crippen molar-refractivity contribution in [3.8, 4) is 11.5 Å². The summed E-state index contributed by atoms with van der Waals surface area (Å²) in [5.74, 6) is 0.804. The van der Waals surface area contributed by atoms with E-state index in [-0.39, 0.29) is 40.3 Å². The molecule has 0 atom stereocenters. The first-order valence-corrected chi connectivity index (χ1v) is 16.6. The Hall–Kier alpha value is -7.12. The Kier molecular flexibility index (Phi) is 14.2. The Morgan fingerprint density at radius 2 is 0.965 bits per heavy atom. The number of hydrazine groups is 3. The first-order chi connectivity index (χ1) is 26.9. The lowest BCUT2D eigenvalue weighted by atomic mass is 10.1. The number of carbonyl (C=O) groups excluding carboxylic acids is 8. The van der Waals surface area contributed by atoms with E-state index in [2.05, 4.69) is 16.0 Å². The third-order valence-electron chi connectivity index (χ3n) is 8.17. The lowest BCUT2D eigenvalue weighted by Crippen LogP contribution is -2.50.